The zero-order valence-electron chi connectivity index (χ0n) is 12.1. The highest BCUT2D eigenvalue weighted by Gasteiger charge is 2.31. The number of carbonyl (C=O) groups excluding carboxylic acids is 2. The Kier molecular flexibility index (Phi) is 3.37. The fraction of sp³-hybridized carbons (Fsp3) is 0.294. The van der Waals surface area contributed by atoms with Crippen LogP contribution in [0.25, 0.3) is 10.8 Å². The standard InChI is InChI=1S/C17H18N2O2/c1-3-10(2)14-17(21)19-15-12-7-5-4-6-11(12)8-9-13(15)16(20)18-14/h4-10,14H,3H2,1-2H3,(H,18,20)(H,19,21). The largest absolute Gasteiger partial charge is 0.340 e. The van der Waals surface area contributed by atoms with Crippen LogP contribution in [-0.2, 0) is 4.79 Å². The van der Waals surface area contributed by atoms with Crippen molar-refractivity contribution >= 4 is 28.3 Å². The molecule has 2 amide bonds. The Morgan fingerprint density at radius 3 is 2.67 bits per heavy atom. The van der Waals surface area contributed by atoms with Crippen molar-refractivity contribution in [3.8, 4) is 0 Å². The second kappa shape index (κ2) is 5.20. The van der Waals surface area contributed by atoms with Gasteiger partial charge < -0.3 is 10.6 Å². The van der Waals surface area contributed by atoms with Gasteiger partial charge in [0, 0.05) is 5.39 Å². The summed E-state index contributed by atoms with van der Waals surface area (Å²) in [5.74, 6) is -0.248. The monoisotopic (exact) mass is 282 g/mol. The Hall–Kier alpha value is -2.36. The predicted octanol–water partition coefficient (Wildman–Crippen LogP) is 2.94. The van der Waals surface area contributed by atoms with Crippen LogP contribution in [0, 0.1) is 5.92 Å². The molecule has 0 spiro atoms. The first-order valence-electron chi connectivity index (χ1n) is 7.25. The molecule has 2 unspecified atom stereocenters. The molecule has 0 aliphatic carbocycles. The van der Waals surface area contributed by atoms with Crippen molar-refractivity contribution in [2.75, 3.05) is 5.32 Å². The van der Waals surface area contributed by atoms with Gasteiger partial charge in [0.25, 0.3) is 5.91 Å². The minimum atomic E-state index is -0.492. The molecule has 4 heteroatoms. The molecule has 2 N–H and O–H groups in total. The molecule has 0 saturated carbocycles. The number of rotatable bonds is 2. The number of anilines is 1. The Labute approximate surface area is 123 Å². The Morgan fingerprint density at radius 2 is 1.90 bits per heavy atom. The van der Waals surface area contributed by atoms with Gasteiger partial charge >= 0.3 is 0 Å². The molecule has 2 aromatic rings. The van der Waals surface area contributed by atoms with Crippen molar-refractivity contribution in [1.82, 2.24) is 5.32 Å². The van der Waals surface area contributed by atoms with Crippen LogP contribution in [0.4, 0.5) is 5.69 Å². The predicted molar refractivity (Wildman–Crippen MR) is 83.3 cm³/mol. The molecule has 2 atom stereocenters. The maximum atomic E-state index is 12.4. The van der Waals surface area contributed by atoms with Crippen LogP contribution in [0.3, 0.4) is 0 Å². The lowest BCUT2D eigenvalue weighted by Gasteiger charge is -2.20. The summed E-state index contributed by atoms with van der Waals surface area (Å²) >= 11 is 0. The van der Waals surface area contributed by atoms with Gasteiger partial charge in [-0.1, -0.05) is 50.6 Å². The van der Waals surface area contributed by atoms with Gasteiger partial charge in [0.1, 0.15) is 6.04 Å². The molecule has 0 fully saturated rings. The minimum absolute atomic E-state index is 0.0922. The van der Waals surface area contributed by atoms with Gasteiger partial charge in [-0.15, -0.1) is 0 Å². The van der Waals surface area contributed by atoms with Crippen LogP contribution in [0.5, 0.6) is 0 Å². The maximum Gasteiger partial charge on any atom is 0.254 e. The van der Waals surface area contributed by atoms with Crippen LogP contribution in [0.1, 0.15) is 30.6 Å². The smallest absolute Gasteiger partial charge is 0.254 e. The average molecular weight is 282 g/mol. The van der Waals surface area contributed by atoms with E-state index in [1.807, 2.05) is 44.2 Å². The number of benzene rings is 2. The van der Waals surface area contributed by atoms with Crippen LogP contribution in [-0.4, -0.2) is 17.9 Å². The molecular weight excluding hydrogens is 264 g/mol. The first-order valence-corrected chi connectivity index (χ1v) is 7.25. The van der Waals surface area contributed by atoms with Gasteiger partial charge in [-0.25, -0.2) is 0 Å². The third-order valence-electron chi connectivity index (χ3n) is 4.20. The third-order valence-corrected chi connectivity index (χ3v) is 4.20. The summed E-state index contributed by atoms with van der Waals surface area (Å²) in [4.78, 5) is 24.9. The quantitative estimate of drug-likeness (QED) is 0.889. The second-order valence-corrected chi connectivity index (χ2v) is 5.54. The van der Waals surface area contributed by atoms with Crippen LogP contribution >= 0.6 is 0 Å². The lowest BCUT2D eigenvalue weighted by atomic mass is 9.98. The van der Waals surface area contributed by atoms with Gasteiger partial charge in [-0.3, -0.25) is 9.59 Å². The molecule has 3 rings (SSSR count). The topological polar surface area (TPSA) is 58.2 Å². The summed E-state index contributed by atoms with van der Waals surface area (Å²) in [6.07, 6.45) is 0.829. The van der Waals surface area contributed by atoms with E-state index in [1.165, 1.54) is 0 Å². The SMILES string of the molecule is CCC(C)C1NC(=O)c2ccc3ccccc3c2NC1=O. The van der Waals surface area contributed by atoms with Gasteiger partial charge in [-0.2, -0.15) is 0 Å². The van der Waals surface area contributed by atoms with E-state index in [1.54, 1.807) is 6.07 Å². The van der Waals surface area contributed by atoms with E-state index in [9.17, 15) is 9.59 Å². The number of hydrogen-bond acceptors (Lipinski definition) is 2. The lowest BCUT2D eigenvalue weighted by Crippen LogP contribution is -2.45. The molecule has 1 aliphatic heterocycles. The van der Waals surface area contributed by atoms with Gasteiger partial charge in [0.15, 0.2) is 0 Å². The molecule has 0 radical (unpaired) electrons. The normalized spacial score (nSPS) is 19.4. The van der Waals surface area contributed by atoms with Crippen molar-refractivity contribution in [2.45, 2.75) is 26.3 Å². The number of carbonyl (C=O) groups is 2. The van der Waals surface area contributed by atoms with Gasteiger partial charge in [-0.05, 0) is 17.4 Å². The van der Waals surface area contributed by atoms with Crippen molar-refractivity contribution in [3.05, 3.63) is 42.0 Å². The molecule has 4 nitrogen and oxygen atoms in total. The zero-order chi connectivity index (χ0) is 15.0. The molecule has 21 heavy (non-hydrogen) atoms. The second-order valence-electron chi connectivity index (χ2n) is 5.54. The summed E-state index contributed by atoms with van der Waals surface area (Å²) in [5, 5.41) is 7.69. The highest BCUT2D eigenvalue weighted by atomic mass is 16.2. The summed E-state index contributed by atoms with van der Waals surface area (Å²) < 4.78 is 0. The number of amides is 2. The number of hydrogen-bond donors (Lipinski definition) is 2. The summed E-state index contributed by atoms with van der Waals surface area (Å²) in [5.41, 5.74) is 1.13. The summed E-state index contributed by atoms with van der Waals surface area (Å²) in [6, 6.07) is 10.9. The molecule has 2 aromatic carbocycles. The highest BCUT2D eigenvalue weighted by molar-refractivity contribution is 6.16. The van der Waals surface area contributed by atoms with Gasteiger partial charge in [0.2, 0.25) is 5.91 Å². The first-order chi connectivity index (χ1) is 10.1. The zero-order valence-corrected chi connectivity index (χ0v) is 12.1. The highest BCUT2D eigenvalue weighted by Crippen LogP contribution is 2.30. The number of nitrogens with one attached hydrogen (secondary N) is 2. The average Bonchev–Trinajstić information content (AvgIpc) is 2.63. The van der Waals surface area contributed by atoms with E-state index in [0.717, 1.165) is 17.2 Å². The van der Waals surface area contributed by atoms with Crippen LogP contribution in [0.15, 0.2) is 36.4 Å². The maximum absolute atomic E-state index is 12.4. The fourth-order valence-corrected chi connectivity index (χ4v) is 2.72. The lowest BCUT2D eigenvalue weighted by molar-refractivity contribution is -0.119. The van der Waals surface area contributed by atoms with Crippen molar-refractivity contribution in [1.29, 1.82) is 0 Å². The molecule has 0 bridgehead atoms. The van der Waals surface area contributed by atoms with Crippen molar-refractivity contribution in [2.24, 2.45) is 5.92 Å². The van der Waals surface area contributed by atoms with Gasteiger partial charge in [0.05, 0.1) is 11.3 Å². The Balaban J connectivity index is 2.13. The molecular formula is C17H18N2O2. The van der Waals surface area contributed by atoms with Crippen molar-refractivity contribution < 1.29 is 9.59 Å². The van der Waals surface area contributed by atoms with E-state index >= 15 is 0 Å². The molecule has 108 valence electrons. The Morgan fingerprint density at radius 1 is 1.14 bits per heavy atom. The molecule has 0 saturated heterocycles. The third kappa shape index (κ3) is 2.27. The minimum Gasteiger partial charge on any atom is -0.340 e. The first kappa shape index (κ1) is 13.6. The van der Waals surface area contributed by atoms with Crippen LogP contribution in [0.2, 0.25) is 0 Å². The van der Waals surface area contributed by atoms with E-state index in [4.69, 9.17) is 0 Å². The summed E-state index contributed by atoms with van der Waals surface area (Å²) in [6.45, 7) is 3.98. The van der Waals surface area contributed by atoms with E-state index in [0.29, 0.717) is 11.3 Å². The summed E-state index contributed by atoms with van der Waals surface area (Å²) in [7, 11) is 0. The van der Waals surface area contributed by atoms with E-state index in [-0.39, 0.29) is 17.7 Å². The van der Waals surface area contributed by atoms with Crippen molar-refractivity contribution in [3.63, 3.8) is 0 Å². The number of fused-ring (bicyclic) bond motifs is 3. The molecule has 0 aromatic heterocycles. The van der Waals surface area contributed by atoms with E-state index < -0.39 is 6.04 Å². The van der Waals surface area contributed by atoms with E-state index in [2.05, 4.69) is 10.6 Å². The molecule has 1 heterocycles. The molecule has 1 aliphatic rings. The van der Waals surface area contributed by atoms with Crippen LogP contribution < -0.4 is 10.6 Å². The Bertz CT molecular complexity index is 724. The fourth-order valence-electron chi connectivity index (χ4n) is 2.72.